The lowest BCUT2D eigenvalue weighted by molar-refractivity contribution is 0.0229. The van der Waals surface area contributed by atoms with E-state index in [1.54, 1.807) is 4.90 Å². The van der Waals surface area contributed by atoms with Crippen LogP contribution in [-0.2, 0) is 17.8 Å². The van der Waals surface area contributed by atoms with Crippen molar-refractivity contribution < 1.29 is 37.7 Å². The summed E-state index contributed by atoms with van der Waals surface area (Å²) in [6.07, 6.45) is 1.29. The lowest BCUT2D eigenvalue weighted by Crippen LogP contribution is -2.50. The van der Waals surface area contributed by atoms with E-state index >= 15 is 0 Å². The number of carbonyl (C=O) groups is 3. The van der Waals surface area contributed by atoms with Gasteiger partial charge in [-0.2, -0.15) is 0 Å². The number of halogens is 2. The molecule has 0 saturated carbocycles. The SMILES string of the molecule is O=C(O)OCOc1c2n(cc(C(=O)NCc3ccc(F)cc3F)c1=O)C[C@@H]1N(CC3CCCN31)C2=O. The van der Waals surface area contributed by atoms with E-state index in [0.717, 1.165) is 25.5 Å². The number of hydrogen-bond donors (Lipinski definition) is 2. The fraction of sp³-hybridized carbons (Fsp3) is 0.391. The monoisotopic (exact) mass is 504 g/mol. The number of carbonyl (C=O) groups excluding carboxylic acids is 2. The number of carboxylic acid groups (broad SMARTS) is 1. The number of ether oxygens (including phenoxy) is 2. The number of pyridine rings is 1. The summed E-state index contributed by atoms with van der Waals surface area (Å²) < 4.78 is 38.2. The molecule has 2 fully saturated rings. The molecule has 36 heavy (non-hydrogen) atoms. The number of nitrogens with zero attached hydrogens (tertiary/aromatic N) is 3. The Balaban J connectivity index is 1.48. The summed E-state index contributed by atoms with van der Waals surface area (Å²) >= 11 is 0. The second kappa shape index (κ2) is 9.22. The van der Waals surface area contributed by atoms with Gasteiger partial charge in [0.05, 0.1) is 6.54 Å². The minimum Gasteiger partial charge on any atom is -0.451 e. The Bertz CT molecular complexity index is 1310. The molecule has 5 rings (SSSR count). The second-order valence-electron chi connectivity index (χ2n) is 8.76. The van der Waals surface area contributed by atoms with Gasteiger partial charge in [0.15, 0.2) is 5.69 Å². The van der Waals surface area contributed by atoms with Gasteiger partial charge in [-0.1, -0.05) is 6.07 Å². The average molecular weight is 504 g/mol. The Morgan fingerprint density at radius 3 is 2.75 bits per heavy atom. The van der Waals surface area contributed by atoms with Crippen LogP contribution < -0.4 is 15.5 Å². The largest absolute Gasteiger partial charge is 0.508 e. The summed E-state index contributed by atoms with van der Waals surface area (Å²) in [6, 6.07) is 3.09. The zero-order valence-electron chi connectivity index (χ0n) is 18.9. The van der Waals surface area contributed by atoms with Crippen molar-refractivity contribution in [3.05, 3.63) is 63.1 Å². The van der Waals surface area contributed by atoms with Crippen LogP contribution in [0.25, 0.3) is 0 Å². The molecule has 1 aromatic heterocycles. The summed E-state index contributed by atoms with van der Waals surface area (Å²) in [5, 5.41) is 11.2. The highest BCUT2D eigenvalue weighted by molar-refractivity contribution is 5.99. The van der Waals surface area contributed by atoms with Crippen LogP contribution in [0.3, 0.4) is 0 Å². The van der Waals surface area contributed by atoms with Crippen LogP contribution in [0.4, 0.5) is 13.6 Å². The van der Waals surface area contributed by atoms with E-state index in [4.69, 9.17) is 9.84 Å². The van der Waals surface area contributed by atoms with Crippen LogP contribution >= 0.6 is 0 Å². The van der Waals surface area contributed by atoms with Gasteiger partial charge in [0.25, 0.3) is 11.8 Å². The minimum atomic E-state index is -1.65. The third-order valence-corrected chi connectivity index (χ3v) is 6.72. The van der Waals surface area contributed by atoms with Crippen LogP contribution in [0.1, 0.15) is 39.3 Å². The maximum absolute atomic E-state index is 14.0. The van der Waals surface area contributed by atoms with Crippen molar-refractivity contribution in [2.45, 2.75) is 38.1 Å². The summed E-state index contributed by atoms with van der Waals surface area (Å²) in [7, 11) is 0. The van der Waals surface area contributed by atoms with E-state index in [2.05, 4.69) is 15.0 Å². The molecule has 2 aromatic rings. The van der Waals surface area contributed by atoms with Crippen molar-refractivity contribution in [3.8, 4) is 5.75 Å². The van der Waals surface area contributed by atoms with Crippen molar-refractivity contribution in [2.24, 2.45) is 0 Å². The first kappa shape index (κ1) is 23.7. The minimum absolute atomic E-state index is 0.00555. The number of hydrogen-bond acceptors (Lipinski definition) is 7. The van der Waals surface area contributed by atoms with Crippen LogP contribution in [0.2, 0.25) is 0 Å². The van der Waals surface area contributed by atoms with E-state index in [9.17, 15) is 28.0 Å². The molecule has 190 valence electrons. The summed E-state index contributed by atoms with van der Waals surface area (Å²) in [6.45, 7) is 0.389. The van der Waals surface area contributed by atoms with Crippen LogP contribution in [-0.4, -0.2) is 69.5 Å². The molecule has 0 radical (unpaired) electrons. The number of aromatic nitrogens is 1. The van der Waals surface area contributed by atoms with Crippen molar-refractivity contribution in [2.75, 3.05) is 19.9 Å². The Morgan fingerprint density at radius 1 is 1.19 bits per heavy atom. The first-order valence-corrected chi connectivity index (χ1v) is 11.3. The molecule has 0 spiro atoms. The molecular formula is C23H22F2N4O7. The molecular weight excluding hydrogens is 482 g/mol. The molecule has 2 amide bonds. The Hall–Kier alpha value is -4.00. The normalized spacial score (nSPS) is 20.5. The maximum atomic E-state index is 14.0. The number of nitrogens with one attached hydrogen (secondary N) is 1. The number of fused-ring (bicyclic) bond motifs is 4. The van der Waals surface area contributed by atoms with Gasteiger partial charge in [-0.3, -0.25) is 19.3 Å². The zero-order valence-corrected chi connectivity index (χ0v) is 18.9. The van der Waals surface area contributed by atoms with E-state index in [-0.39, 0.29) is 42.1 Å². The van der Waals surface area contributed by atoms with Gasteiger partial charge in [0.1, 0.15) is 23.4 Å². The molecule has 2 saturated heterocycles. The van der Waals surface area contributed by atoms with Crippen molar-refractivity contribution in [1.82, 2.24) is 19.7 Å². The fourth-order valence-electron chi connectivity index (χ4n) is 5.08. The standard InChI is InChI=1S/C23H22F2N4O7/c24-13-4-3-12(16(25)6-13)7-26-21(31)15-9-27-10-17-28-5-1-2-14(28)8-29(17)22(32)18(27)20(19(15)30)35-11-36-23(33)34/h3-4,6,9,14,17H,1-2,5,7-8,10-11H2,(H,26,31)(H,33,34)/t14?,17-/m0/s1. The van der Waals surface area contributed by atoms with Crippen LogP contribution in [0.15, 0.2) is 29.2 Å². The molecule has 2 atom stereocenters. The van der Waals surface area contributed by atoms with Gasteiger partial charge in [0, 0.05) is 43.5 Å². The van der Waals surface area contributed by atoms with E-state index in [1.165, 1.54) is 16.8 Å². The molecule has 3 aliphatic rings. The van der Waals surface area contributed by atoms with Gasteiger partial charge in [0.2, 0.25) is 18.0 Å². The molecule has 0 bridgehead atoms. The molecule has 0 aliphatic carbocycles. The van der Waals surface area contributed by atoms with Crippen molar-refractivity contribution in [1.29, 1.82) is 0 Å². The summed E-state index contributed by atoms with van der Waals surface area (Å²) in [4.78, 5) is 54.1. The first-order chi connectivity index (χ1) is 17.2. The van der Waals surface area contributed by atoms with Crippen molar-refractivity contribution >= 4 is 18.0 Å². The molecule has 3 aliphatic heterocycles. The van der Waals surface area contributed by atoms with Crippen LogP contribution in [0.5, 0.6) is 5.75 Å². The molecule has 4 heterocycles. The Labute approximate surface area is 202 Å². The number of benzene rings is 1. The topological polar surface area (TPSA) is 130 Å². The molecule has 1 aromatic carbocycles. The van der Waals surface area contributed by atoms with Crippen molar-refractivity contribution in [3.63, 3.8) is 0 Å². The van der Waals surface area contributed by atoms with Gasteiger partial charge >= 0.3 is 6.16 Å². The van der Waals surface area contributed by atoms with Gasteiger partial charge in [-0.25, -0.2) is 13.6 Å². The predicted octanol–water partition coefficient (Wildman–Crippen LogP) is 1.35. The molecule has 2 N–H and O–H groups in total. The smallest absolute Gasteiger partial charge is 0.451 e. The number of rotatable bonds is 6. The highest BCUT2D eigenvalue weighted by atomic mass is 19.1. The van der Waals surface area contributed by atoms with E-state index < -0.39 is 47.6 Å². The molecule has 1 unspecified atom stereocenters. The quantitative estimate of drug-likeness (QED) is 0.446. The second-order valence-corrected chi connectivity index (χ2v) is 8.76. The third kappa shape index (κ3) is 4.15. The van der Waals surface area contributed by atoms with Gasteiger partial charge < -0.3 is 29.4 Å². The Kier molecular flexibility index (Phi) is 6.08. The number of amides is 2. The fourth-order valence-corrected chi connectivity index (χ4v) is 5.08. The average Bonchev–Trinajstić information content (AvgIpc) is 3.42. The predicted molar refractivity (Wildman–Crippen MR) is 117 cm³/mol. The van der Waals surface area contributed by atoms with Gasteiger partial charge in [-0.15, -0.1) is 0 Å². The molecule has 13 heteroatoms. The third-order valence-electron chi connectivity index (χ3n) is 6.72. The summed E-state index contributed by atoms with van der Waals surface area (Å²) in [5.74, 6) is -3.48. The van der Waals surface area contributed by atoms with Crippen LogP contribution in [0, 0.1) is 11.6 Å². The van der Waals surface area contributed by atoms with E-state index in [1.807, 2.05) is 0 Å². The lowest BCUT2D eigenvalue weighted by Gasteiger charge is -2.36. The summed E-state index contributed by atoms with van der Waals surface area (Å²) in [5.41, 5.74) is -1.43. The lowest BCUT2D eigenvalue weighted by atomic mass is 10.1. The molecule has 11 nitrogen and oxygen atoms in total. The zero-order chi connectivity index (χ0) is 25.6. The van der Waals surface area contributed by atoms with Gasteiger partial charge in [-0.05, 0) is 18.9 Å². The maximum Gasteiger partial charge on any atom is 0.508 e. The Morgan fingerprint density at radius 2 is 2.00 bits per heavy atom. The van der Waals surface area contributed by atoms with E-state index in [0.29, 0.717) is 12.6 Å². The first-order valence-electron chi connectivity index (χ1n) is 11.3. The highest BCUT2D eigenvalue weighted by Crippen LogP contribution is 2.35. The highest BCUT2D eigenvalue weighted by Gasteiger charge is 2.48.